The summed E-state index contributed by atoms with van der Waals surface area (Å²) < 4.78 is 10.5. The molecule has 0 unspecified atom stereocenters. The van der Waals surface area contributed by atoms with Crippen LogP contribution < -0.4 is 9.64 Å². The first kappa shape index (κ1) is 15.4. The zero-order valence-electron chi connectivity index (χ0n) is 12.5. The second kappa shape index (κ2) is 7.17. The van der Waals surface area contributed by atoms with Crippen LogP contribution in [0.15, 0.2) is 24.3 Å². The molecule has 1 fully saturated rings. The number of rotatable bonds is 5. The topological polar surface area (TPSA) is 62.2 Å². The summed E-state index contributed by atoms with van der Waals surface area (Å²) >= 11 is 0. The minimum atomic E-state index is -0.843. The van der Waals surface area contributed by atoms with E-state index in [-0.39, 0.29) is 6.04 Å². The average molecular weight is 294 g/mol. The van der Waals surface area contributed by atoms with Crippen LogP contribution in [0.2, 0.25) is 0 Å². The summed E-state index contributed by atoms with van der Waals surface area (Å²) in [6.45, 7) is 4.97. The van der Waals surface area contributed by atoms with Gasteiger partial charge in [0.1, 0.15) is 12.4 Å². The van der Waals surface area contributed by atoms with Gasteiger partial charge in [-0.15, -0.1) is 0 Å². The quantitative estimate of drug-likeness (QED) is 0.840. The van der Waals surface area contributed by atoms with Crippen molar-refractivity contribution in [2.75, 3.05) is 44.9 Å². The van der Waals surface area contributed by atoms with Crippen molar-refractivity contribution in [3.63, 3.8) is 0 Å². The molecular weight excluding hydrogens is 272 g/mol. The van der Waals surface area contributed by atoms with Crippen molar-refractivity contribution < 1.29 is 19.4 Å². The van der Waals surface area contributed by atoms with Crippen LogP contribution >= 0.6 is 0 Å². The predicted molar refractivity (Wildman–Crippen MR) is 80.2 cm³/mol. The van der Waals surface area contributed by atoms with Gasteiger partial charge in [-0.05, 0) is 31.2 Å². The lowest BCUT2D eigenvalue weighted by Gasteiger charge is -2.39. The molecule has 1 saturated heterocycles. The van der Waals surface area contributed by atoms with Gasteiger partial charge >= 0.3 is 6.09 Å². The van der Waals surface area contributed by atoms with Gasteiger partial charge in [-0.25, -0.2) is 4.79 Å². The van der Waals surface area contributed by atoms with E-state index in [1.165, 1.54) is 4.90 Å². The molecule has 1 N–H and O–H groups in total. The van der Waals surface area contributed by atoms with Crippen molar-refractivity contribution in [1.82, 2.24) is 4.90 Å². The summed E-state index contributed by atoms with van der Waals surface area (Å²) in [4.78, 5) is 14.7. The molecular formula is C15H22N2O4. The van der Waals surface area contributed by atoms with E-state index in [9.17, 15) is 4.79 Å². The van der Waals surface area contributed by atoms with E-state index in [2.05, 4.69) is 4.90 Å². The normalized spacial score (nSPS) is 18.7. The molecule has 1 aliphatic rings. The van der Waals surface area contributed by atoms with Gasteiger partial charge in [0, 0.05) is 38.5 Å². The maximum atomic E-state index is 11.1. The number of carbonyl (C=O) groups is 1. The Bertz CT molecular complexity index is 463. The molecule has 1 aromatic rings. The predicted octanol–water partition coefficient (Wildman–Crippen LogP) is 1.90. The molecule has 1 amide bonds. The number of anilines is 1. The third kappa shape index (κ3) is 4.01. The zero-order valence-corrected chi connectivity index (χ0v) is 12.5. The molecule has 0 saturated carbocycles. The van der Waals surface area contributed by atoms with Gasteiger partial charge in [0.05, 0.1) is 6.61 Å². The molecule has 21 heavy (non-hydrogen) atoms. The van der Waals surface area contributed by atoms with Gasteiger partial charge in [0.25, 0.3) is 0 Å². The Balaban J connectivity index is 1.92. The first-order chi connectivity index (χ1) is 10.1. The van der Waals surface area contributed by atoms with Crippen LogP contribution in [0.25, 0.3) is 0 Å². The smallest absolute Gasteiger partial charge is 0.407 e. The van der Waals surface area contributed by atoms with Crippen molar-refractivity contribution >= 4 is 11.8 Å². The lowest BCUT2D eigenvalue weighted by Crippen LogP contribution is -2.53. The third-order valence-electron chi connectivity index (χ3n) is 3.63. The van der Waals surface area contributed by atoms with Crippen LogP contribution in [-0.2, 0) is 4.74 Å². The van der Waals surface area contributed by atoms with Gasteiger partial charge in [0.15, 0.2) is 0 Å². The molecule has 0 aromatic heterocycles. The number of carboxylic acid groups (broad SMARTS) is 1. The van der Waals surface area contributed by atoms with Crippen LogP contribution in [0.1, 0.15) is 6.92 Å². The van der Waals surface area contributed by atoms with Gasteiger partial charge in [-0.3, -0.25) is 0 Å². The molecule has 0 aliphatic carbocycles. The van der Waals surface area contributed by atoms with E-state index in [1.807, 2.05) is 31.2 Å². The SMILES string of the molecule is COCCOc1ccc(N2CCN(C(=O)O)[C@@H](C)C2)cc1. The van der Waals surface area contributed by atoms with Crippen molar-refractivity contribution in [2.45, 2.75) is 13.0 Å². The maximum absolute atomic E-state index is 11.1. The molecule has 2 rings (SSSR count). The highest BCUT2D eigenvalue weighted by atomic mass is 16.5. The number of methoxy groups -OCH3 is 1. The lowest BCUT2D eigenvalue weighted by molar-refractivity contribution is 0.122. The van der Waals surface area contributed by atoms with E-state index in [0.29, 0.717) is 32.8 Å². The number of nitrogens with zero attached hydrogens (tertiary/aromatic N) is 2. The van der Waals surface area contributed by atoms with E-state index >= 15 is 0 Å². The number of piperazine rings is 1. The number of hydrogen-bond acceptors (Lipinski definition) is 4. The Hall–Kier alpha value is -1.95. The summed E-state index contributed by atoms with van der Waals surface area (Å²) in [5.41, 5.74) is 1.09. The summed E-state index contributed by atoms with van der Waals surface area (Å²) in [7, 11) is 1.64. The summed E-state index contributed by atoms with van der Waals surface area (Å²) in [5, 5.41) is 9.09. The Kier molecular flexibility index (Phi) is 5.27. The number of benzene rings is 1. The van der Waals surface area contributed by atoms with Crippen molar-refractivity contribution in [3.8, 4) is 5.75 Å². The van der Waals surface area contributed by atoms with Crippen LogP contribution in [0.3, 0.4) is 0 Å². The molecule has 116 valence electrons. The Morgan fingerprint density at radius 1 is 1.29 bits per heavy atom. The fourth-order valence-electron chi connectivity index (χ4n) is 2.47. The Labute approximate surface area is 124 Å². The molecule has 1 atom stereocenters. The maximum Gasteiger partial charge on any atom is 0.407 e. The van der Waals surface area contributed by atoms with Crippen LogP contribution in [0.5, 0.6) is 5.75 Å². The van der Waals surface area contributed by atoms with Crippen molar-refractivity contribution in [1.29, 1.82) is 0 Å². The second-order valence-corrected chi connectivity index (χ2v) is 5.11. The highest BCUT2D eigenvalue weighted by Crippen LogP contribution is 2.22. The molecule has 1 heterocycles. The molecule has 6 nitrogen and oxygen atoms in total. The standard InChI is InChI=1S/C15H22N2O4/c1-12-11-16(7-8-17(12)15(18)19)13-3-5-14(6-4-13)21-10-9-20-2/h3-6,12H,7-11H2,1-2H3,(H,18,19)/t12-/m0/s1. The van der Waals surface area contributed by atoms with E-state index < -0.39 is 6.09 Å². The number of amides is 1. The minimum Gasteiger partial charge on any atom is -0.491 e. The fraction of sp³-hybridized carbons (Fsp3) is 0.533. The van der Waals surface area contributed by atoms with Gasteiger partial charge in [-0.1, -0.05) is 0 Å². The fourth-order valence-corrected chi connectivity index (χ4v) is 2.47. The Morgan fingerprint density at radius 3 is 2.57 bits per heavy atom. The van der Waals surface area contributed by atoms with E-state index in [1.54, 1.807) is 7.11 Å². The van der Waals surface area contributed by atoms with Gasteiger partial charge < -0.3 is 24.4 Å². The monoisotopic (exact) mass is 294 g/mol. The molecule has 1 aliphatic heterocycles. The van der Waals surface area contributed by atoms with Gasteiger partial charge in [0.2, 0.25) is 0 Å². The summed E-state index contributed by atoms with van der Waals surface area (Å²) in [6, 6.07) is 7.86. The number of ether oxygens (including phenoxy) is 2. The van der Waals surface area contributed by atoms with E-state index in [4.69, 9.17) is 14.6 Å². The highest BCUT2D eigenvalue weighted by Gasteiger charge is 2.27. The molecule has 6 heteroatoms. The first-order valence-electron chi connectivity index (χ1n) is 7.08. The van der Waals surface area contributed by atoms with Crippen LogP contribution in [0.4, 0.5) is 10.5 Å². The molecule has 0 spiro atoms. The minimum absolute atomic E-state index is 0.00567. The lowest BCUT2D eigenvalue weighted by atomic mass is 10.1. The van der Waals surface area contributed by atoms with Gasteiger partial charge in [-0.2, -0.15) is 0 Å². The largest absolute Gasteiger partial charge is 0.491 e. The van der Waals surface area contributed by atoms with Crippen LogP contribution in [0, 0.1) is 0 Å². The molecule has 0 radical (unpaired) electrons. The average Bonchev–Trinajstić information content (AvgIpc) is 2.48. The molecule has 1 aromatic carbocycles. The molecule has 0 bridgehead atoms. The summed E-state index contributed by atoms with van der Waals surface area (Å²) in [6.07, 6.45) is -0.843. The number of hydrogen-bond donors (Lipinski definition) is 1. The van der Waals surface area contributed by atoms with E-state index in [0.717, 1.165) is 11.4 Å². The van der Waals surface area contributed by atoms with Crippen molar-refractivity contribution in [3.05, 3.63) is 24.3 Å². The Morgan fingerprint density at radius 2 is 2.00 bits per heavy atom. The second-order valence-electron chi connectivity index (χ2n) is 5.11. The van der Waals surface area contributed by atoms with Crippen molar-refractivity contribution in [2.24, 2.45) is 0 Å². The first-order valence-corrected chi connectivity index (χ1v) is 7.08. The van der Waals surface area contributed by atoms with Crippen LogP contribution in [-0.4, -0.2) is 62.1 Å². The highest BCUT2D eigenvalue weighted by molar-refractivity contribution is 5.66. The third-order valence-corrected chi connectivity index (χ3v) is 3.63. The zero-order chi connectivity index (χ0) is 15.2. The summed E-state index contributed by atoms with van der Waals surface area (Å²) in [5.74, 6) is 0.813.